The highest BCUT2D eigenvalue weighted by atomic mass is 35.5. The SMILES string of the molecule is Nc1cn(-c2ccc(Cl)cc2)nc1-c1c(F)cccc1F. The van der Waals surface area contributed by atoms with Gasteiger partial charge in [0.15, 0.2) is 0 Å². The minimum Gasteiger partial charge on any atom is -0.396 e. The Hall–Kier alpha value is -2.40. The van der Waals surface area contributed by atoms with E-state index in [4.69, 9.17) is 17.3 Å². The third-order valence-electron chi connectivity index (χ3n) is 3.03. The molecule has 3 rings (SSSR count). The zero-order valence-corrected chi connectivity index (χ0v) is 11.5. The predicted molar refractivity (Wildman–Crippen MR) is 78.3 cm³/mol. The minimum absolute atomic E-state index is 0.0700. The fraction of sp³-hybridized carbons (Fsp3) is 0. The third-order valence-corrected chi connectivity index (χ3v) is 3.29. The molecule has 0 amide bonds. The van der Waals surface area contributed by atoms with Crippen LogP contribution in [0.4, 0.5) is 14.5 Å². The van der Waals surface area contributed by atoms with E-state index in [0.717, 1.165) is 0 Å². The van der Waals surface area contributed by atoms with E-state index in [0.29, 0.717) is 10.7 Å². The van der Waals surface area contributed by atoms with Gasteiger partial charge in [-0.25, -0.2) is 13.5 Å². The van der Waals surface area contributed by atoms with Crippen molar-refractivity contribution in [2.24, 2.45) is 0 Å². The van der Waals surface area contributed by atoms with Gasteiger partial charge >= 0.3 is 0 Å². The second-order valence-corrected chi connectivity index (χ2v) is 4.89. The lowest BCUT2D eigenvalue weighted by Gasteiger charge is -2.03. The first-order chi connectivity index (χ1) is 10.1. The van der Waals surface area contributed by atoms with Crippen molar-refractivity contribution in [3.8, 4) is 16.9 Å². The molecular formula is C15H10ClF2N3. The van der Waals surface area contributed by atoms with Gasteiger partial charge in [0, 0.05) is 5.02 Å². The topological polar surface area (TPSA) is 43.8 Å². The average molecular weight is 306 g/mol. The molecule has 2 N–H and O–H groups in total. The Kier molecular flexibility index (Phi) is 3.35. The maximum absolute atomic E-state index is 13.8. The van der Waals surface area contributed by atoms with E-state index in [1.165, 1.54) is 29.1 Å². The normalized spacial score (nSPS) is 10.8. The second-order valence-electron chi connectivity index (χ2n) is 4.45. The summed E-state index contributed by atoms with van der Waals surface area (Å²) >= 11 is 5.82. The fourth-order valence-electron chi connectivity index (χ4n) is 2.03. The van der Waals surface area contributed by atoms with Crippen molar-refractivity contribution in [2.45, 2.75) is 0 Å². The van der Waals surface area contributed by atoms with Crippen molar-refractivity contribution in [1.82, 2.24) is 9.78 Å². The van der Waals surface area contributed by atoms with Crippen LogP contribution in [0.5, 0.6) is 0 Å². The molecule has 0 spiro atoms. The van der Waals surface area contributed by atoms with E-state index in [-0.39, 0.29) is 16.9 Å². The summed E-state index contributed by atoms with van der Waals surface area (Å²) < 4.78 is 29.1. The van der Waals surface area contributed by atoms with Crippen LogP contribution in [0.25, 0.3) is 16.9 Å². The van der Waals surface area contributed by atoms with Crippen molar-refractivity contribution >= 4 is 17.3 Å². The van der Waals surface area contributed by atoms with E-state index in [1.807, 2.05) is 0 Å². The molecule has 1 aromatic heterocycles. The summed E-state index contributed by atoms with van der Waals surface area (Å²) in [7, 11) is 0. The van der Waals surface area contributed by atoms with Gasteiger partial charge in [0.25, 0.3) is 0 Å². The van der Waals surface area contributed by atoms with Crippen LogP contribution < -0.4 is 5.73 Å². The van der Waals surface area contributed by atoms with E-state index >= 15 is 0 Å². The van der Waals surface area contributed by atoms with Gasteiger partial charge in [-0.2, -0.15) is 5.10 Å². The monoisotopic (exact) mass is 305 g/mol. The molecule has 1 heterocycles. The number of hydrogen-bond donors (Lipinski definition) is 1. The zero-order chi connectivity index (χ0) is 15.0. The lowest BCUT2D eigenvalue weighted by Crippen LogP contribution is -1.96. The van der Waals surface area contributed by atoms with Crippen molar-refractivity contribution in [3.63, 3.8) is 0 Å². The second kappa shape index (κ2) is 5.18. The summed E-state index contributed by atoms with van der Waals surface area (Å²) in [6.07, 6.45) is 1.50. The average Bonchev–Trinajstić information content (AvgIpc) is 2.81. The highest BCUT2D eigenvalue weighted by Gasteiger charge is 2.17. The number of halogens is 3. The van der Waals surface area contributed by atoms with Crippen LogP contribution in [-0.4, -0.2) is 9.78 Å². The molecule has 0 bridgehead atoms. The Bertz CT molecular complexity index is 777. The first-order valence-corrected chi connectivity index (χ1v) is 6.49. The molecule has 0 aliphatic heterocycles. The van der Waals surface area contributed by atoms with Gasteiger partial charge in [-0.1, -0.05) is 17.7 Å². The van der Waals surface area contributed by atoms with Gasteiger partial charge in [0.2, 0.25) is 0 Å². The molecule has 3 nitrogen and oxygen atoms in total. The summed E-state index contributed by atoms with van der Waals surface area (Å²) in [5.41, 5.74) is 6.55. The molecule has 0 fully saturated rings. The van der Waals surface area contributed by atoms with Gasteiger partial charge in [-0.3, -0.25) is 0 Å². The lowest BCUT2D eigenvalue weighted by molar-refractivity contribution is 0.588. The number of aromatic nitrogens is 2. The van der Waals surface area contributed by atoms with E-state index in [2.05, 4.69) is 5.10 Å². The van der Waals surface area contributed by atoms with Crippen LogP contribution in [0.1, 0.15) is 0 Å². The number of benzene rings is 2. The number of nitrogen functional groups attached to an aromatic ring is 1. The Morgan fingerprint density at radius 1 is 1.00 bits per heavy atom. The number of anilines is 1. The molecule has 0 unspecified atom stereocenters. The molecule has 0 atom stereocenters. The Morgan fingerprint density at radius 3 is 2.24 bits per heavy atom. The summed E-state index contributed by atoms with van der Waals surface area (Å²) in [5.74, 6) is -1.41. The van der Waals surface area contributed by atoms with Crippen molar-refractivity contribution in [1.29, 1.82) is 0 Å². The number of nitrogens with zero attached hydrogens (tertiary/aromatic N) is 2. The van der Waals surface area contributed by atoms with E-state index in [1.54, 1.807) is 24.3 Å². The summed E-state index contributed by atoms with van der Waals surface area (Å²) in [5, 5.41) is 4.75. The molecule has 106 valence electrons. The van der Waals surface area contributed by atoms with Crippen molar-refractivity contribution < 1.29 is 8.78 Å². The highest BCUT2D eigenvalue weighted by Crippen LogP contribution is 2.30. The zero-order valence-electron chi connectivity index (χ0n) is 10.7. The van der Waals surface area contributed by atoms with Gasteiger partial charge in [0.05, 0.1) is 23.1 Å². The van der Waals surface area contributed by atoms with E-state index < -0.39 is 11.6 Å². The van der Waals surface area contributed by atoms with Gasteiger partial charge in [-0.05, 0) is 36.4 Å². The number of hydrogen-bond acceptors (Lipinski definition) is 2. The van der Waals surface area contributed by atoms with Gasteiger partial charge in [-0.15, -0.1) is 0 Å². The van der Waals surface area contributed by atoms with Crippen LogP contribution >= 0.6 is 11.6 Å². The first kappa shape index (κ1) is 13.6. The van der Waals surface area contributed by atoms with Crippen LogP contribution in [0.2, 0.25) is 5.02 Å². The minimum atomic E-state index is -0.706. The van der Waals surface area contributed by atoms with Crippen LogP contribution in [0.15, 0.2) is 48.7 Å². The molecule has 0 saturated heterocycles. The smallest absolute Gasteiger partial charge is 0.135 e. The quantitative estimate of drug-likeness (QED) is 0.776. The molecule has 6 heteroatoms. The van der Waals surface area contributed by atoms with E-state index in [9.17, 15) is 8.78 Å². The molecule has 0 aliphatic carbocycles. The summed E-state index contributed by atoms with van der Waals surface area (Å²) in [6, 6.07) is 10.5. The van der Waals surface area contributed by atoms with Crippen LogP contribution in [0, 0.1) is 11.6 Å². The standard InChI is InChI=1S/C15H10ClF2N3/c16-9-4-6-10(7-5-9)21-8-13(19)15(20-21)14-11(17)2-1-3-12(14)18/h1-8H,19H2. The molecule has 21 heavy (non-hydrogen) atoms. The molecular weight excluding hydrogens is 296 g/mol. The van der Waals surface area contributed by atoms with Crippen LogP contribution in [-0.2, 0) is 0 Å². The highest BCUT2D eigenvalue weighted by molar-refractivity contribution is 6.30. The molecule has 0 aliphatic rings. The molecule has 0 radical (unpaired) electrons. The number of rotatable bonds is 2. The maximum Gasteiger partial charge on any atom is 0.135 e. The van der Waals surface area contributed by atoms with Gasteiger partial charge < -0.3 is 5.73 Å². The van der Waals surface area contributed by atoms with Gasteiger partial charge in [0.1, 0.15) is 17.3 Å². The van der Waals surface area contributed by atoms with Crippen molar-refractivity contribution in [3.05, 3.63) is 65.3 Å². The molecule has 0 saturated carbocycles. The third kappa shape index (κ3) is 2.48. The maximum atomic E-state index is 13.8. The molecule has 3 aromatic rings. The largest absolute Gasteiger partial charge is 0.396 e. The lowest BCUT2D eigenvalue weighted by atomic mass is 10.1. The summed E-state index contributed by atoms with van der Waals surface area (Å²) in [6.45, 7) is 0. The fourth-order valence-corrected chi connectivity index (χ4v) is 2.16. The summed E-state index contributed by atoms with van der Waals surface area (Å²) in [4.78, 5) is 0. The number of nitrogens with two attached hydrogens (primary N) is 1. The van der Waals surface area contributed by atoms with Crippen LogP contribution in [0.3, 0.4) is 0 Å². The Labute approximate surface area is 124 Å². The Morgan fingerprint density at radius 2 is 1.62 bits per heavy atom. The predicted octanol–water partition coefficient (Wildman–Crippen LogP) is 4.05. The first-order valence-electron chi connectivity index (χ1n) is 6.12. The van der Waals surface area contributed by atoms with Crippen molar-refractivity contribution in [2.75, 3.05) is 5.73 Å². The molecule has 2 aromatic carbocycles. The Balaban J connectivity index is 2.12.